The fraction of sp³-hybridized carbons (Fsp3) is 0.632. The first-order valence-electron chi connectivity index (χ1n) is 9.29. The first-order chi connectivity index (χ1) is 12.3. The Kier molecular flexibility index (Phi) is 5.69. The average molecular weight is 381 g/mol. The molecule has 1 amide bonds. The van der Waals surface area contributed by atoms with E-state index in [1.165, 1.54) is 6.07 Å². The Hall–Kier alpha value is -1.44. The van der Waals surface area contributed by atoms with Gasteiger partial charge in [0.05, 0.1) is 17.5 Å². The molecule has 0 spiro atoms. The predicted octanol–water partition coefficient (Wildman–Crippen LogP) is 2.24. The van der Waals surface area contributed by atoms with E-state index in [4.69, 9.17) is 4.74 Å². The van der Waals surface area contributed by atoms with Crippen LogP contribution in [0.4, 0.5) is 0 Å². The maximum absolute atomic E-state index is 13.2. The average Bonchev–Trinajstić information content (AvgIpc) is 3.10. The van der Waals surface area contributed by atoms with Gasteiger partial charge in [0.15, 0.2) is 0 Å². The number of aryl methyl sites for hydroxylation is 1. The van der Waals surface area contributed by atoms with Gasteiger partial charge in [-0.05, 0) is 62.3 Å². The molecule has 2 aliphatic heterocycles. The van der Waals surface area contributed by atoms with Gasteiger partial charge in [-0.1, -0.05) is 6.92 Å². The number of ether oxygens (including phenoxy) is 1. The lowest BCUT2D eigenvalue weighted by Crippen LogP contribution is -2.38. The van der Waals surface area contributed by atoms with E-state index in [2.05, 4.69) is 12.2 Å². The van der Waals surface area contributed by atoms with E-state index in [9.17, 15) is 13.2 Å². The van der Waals surface area contributed by atoms with Gasteiger partial charge in [0, 0.05) is 25.3 Å². The van der Waals surface area contributed by atoms with Crippen LogP contribution in [0.1, 0.15) is 47.7 Å². The van der Waals surface area contributed by atoms with E-state index in [1.54, 1.807) is 17.3 Å². The summed E-state index contributed by atoms with van der Waals surface area (Å²) in [5, 5.41) is 2.93. The number of nitrogens with one attached hydrogen (secondary N) is 1. The van der Waals surface area contributed by atoms with Gasteiger partial charge in [0.25, 0.3) is 5.91 Å². The Bertz CT molecular complexity index is 777. The van der Waals surface area contributed by atoms with Crippen LogP contribution >= 0.6 is 0 Å². The van der Waals surface area contributed by atoms with Crippen LogP contribution < -0.4 is 5.32 Å². The lowest BCUT2D eigenvalue weighted by Gasteiger charge is -2.30. The molecular formula is C19H28N2O4S. The second-order valence-electron chi connectivity index (χ2n) is 7.54. The highest BCUT2D eigenvalue weighted by Crippen LogP contribution is 2.28. The third kappa shape index (κ3) is 3.94. The van der Waals surface area contributed by atoms with Gasteiger partial charge >= 0.3 is 0 Å². The van der Waals surface area contributed by atoms with Gasteiger partial charge < -0.3 is 10.1 Å². The highest BCUT2D eigenvalue weighted by Gasteiger charge is 2.30. The number of hydrogen-bond donors (Lipinski definition) is 1. The lowest BCUT2D eigenvalue weighted by molar-refractivity contribution is 0.0929. The molecule has 0 aliphatic carbocycles. The summed E-state index contributed by atoms with van der Waals surface area (Å²) >= 11 is 0. The molecule has 0 bridgehead atoms. The maximum atomic E-state index is 13.2. The second-order valence-corrected chi connectivity index (χ2v) is 9.44. The quantitative estimate of drug-likeness (QED) is 0.869. The minimum Gasteiger partial charge on any atom is -0.379 e. The third-order valence-corrected chi connectivity index (χ3v) is 7.53. The van der Waals surface area contributed by atoms with E-state index in [0.717, 1.165) is 24.8 Å². The topological polar surface area (TPSA) is 75.7 Å². The number of sulfonamides is 1. The molecule has 1 aromatic rings. The van der Waals surface area contributed by atoms with E-state index < -0.39 is 10.0 Å². The predicted molar refractivity (Wildman–Crippen MR) is 99.8 cm³/mol. The summed E-state index contributed by atoms with van der Waals surface area (Å²) in [6.07, 6.45) is 2.53. The van der Waals surface area contributed by atoms with E-state index in [1.807, 2.05) is 6.92 Å². The van der Waals surface area contributed by atoms with Gasteiger partial charge in [-0.2, -0.15) is 4.31 Å². The van der Waals surface area contributed by atoms with Crippen LogP contribution in [-0.2, 0) is 14.8 Å². The summed E-state index contributed by atoms with van der Waals surface area (Å²) < 4.78 is 33.2. The minimum atomic E-state index is -3.59. The molecule has 1 N–H and O–H groups in total. The molecule has 2 saturated heterocycles. The second kappa shape index (κ2) is 7.66. The van der Waals surface area contributed by atoms with Crippen LogP contribution in [0.25, 0.3) is 0 Å². The molecule has 3 rings (SSSR count). The van der Waals surface area contributed by atoms with Crippen molar-refractivity contribution in [1.29, 1.82) is 0 Å². The van der Waals surface area contributed by atoms with Crippen LogP contribution in [0.2, 0.25) is 0 Å². The van der Waals surface area contributed by atoms with Gasteiger partial charge in [-0.25, -0.2) is 8.42 Å². The molecule has 0 radical (unpaired) electrons. The SMILES string of the molecule is Cc1cc(C(=O)N[C@@H]2CCOC2)cc(S(=O)(=O)N2CCC(C)CC2)c1C. The molecule has 6 nitrogen and oxygen atoms in total. The largest absolute Gasteiger partial charge is 0.379 e. The molecule has 1 atom stereocenters. The molecule has 0 unspecified atom stereocenters. The van der Waals surface area contributed by atoms with Gasteiger partial charge in [0.1, 0.15) is 0 Å². The fourth-order valence-electron chi connectivity index (χ4n) is 3.51. The van der Waals surface area contributed by atoms with Crippen molar-refractivity contribution in [3.8, 4) is 0 Å². The van der Waals surface area contributed by atoms with E-state index in [0.29, 0.717) is 43.3 Å². The van der Waals surface area contributed by atoms with Crippen molar-refractivity contribution in [2.24, 2.45) is 5.92 Å². The van der Waals surface area contributed by atoms with Crippen molar-refractivity contribution >= 4 is 15.9 Å². The van der Waals surface area contributed by atoms with Crippen molar-refractivity contribution in [3.63, 3.8) is 0 Å². The molecule has 7 heteroatoms. The Balaban J connectivity index is 1.88. The summed E-state index contributed by atoms with van der Waals surface area (Å²) in [5.74, 6) is 0.308. The summed E-state index contributed by atoms with van der Waals surface area (Å²) in [5.41, 5.74) is 1.91. The smallest absolute Gasteiger partial charge is 0.251 e. The number of amides is 1. The number of hydrogen-bond acceptors (Lipinski definition) is 4. The van der Waals surface area contributed by atoms with Gasteiger partial charge in [-0.15, -0.1) is 0 Å². The van der Waals surface area contributed by atoms with Crippen molar-refractivity contribution < 1.29 is 17.9 Å². The van der Waals surface area contributed by atoms with Crippen LogP contribution in [0, 0.1) is 19.8 Å². The zero-order valence-corrected chi connectivity index (χ0v) is 16.6. The summed E-state index contributed by atoms with van der Waals surface area (Å²) in [6.45, 7) is 8.04. The molecule has 2 aliphatic rings. The number of piperidine rings is 1. The molecule has 0 saturated carbocycles. The summed E-state index contributed by atoms with van der Waals surface area (Å²) in [6, 6.07) is 3.28. The van der Waals surface area contributed by atoms with Crippen LogP contribution in [0.15, 0.2) is 17.0 Å². The summed E-state index contributed by atoms with van der Waals surface area (Å²) in [7, 11) is -3.59. The maximum Gasteiger partial charge on any atom is 0.251 e. The standard InChI is InChI=1S/C19H28N2O4S/c1-13-4-7-21(8-5-13)26(23,24)18-11-16(10-14(2)15(18)3)19(22)20-17-6-9-25-12-17/h10-11,13,17H,4-9,12H2,1-3H3,(H,20,22)/t17-/m1/s1. The first-order valence-corrected chi connectivity index (χ1v) is 10.7. The monoisotopic (exact) mass is 380 g/mol. The highest BCUT2D eigenvalue weighted by molar-refractivity contribution is 7.89. The normalized spacial score (nSPS) is 22.5. The summed E-state index contributed by atoms with van der Waals surface area (Å²) in [4.78, 5) is 12.8. The van der Waals surface area contributed by atoms with Crippen molar-refractivity contribution in [1.82, 2.24) is 9.62 Å². The van der Waals surface area contributed by atoms with E-state index >= 15 is 0 Å². The lowest BCUT2D eigenvalue weighted by atomic mass is 10.0. The Morgan fingerprint density at radius 2 is 1.88 bits per heavy atom. The Morgan fingerprint density at radius 3 is 2.50 bits per heavy atom. The van der Waals surface area contributed by atoms with Crippen molar-refractivity contribution in [3.05, 3.63) is 28.8 Å². The van der Waals surface area contributed by atoms with Crippen molar-refractivity contribution in [2.75, 3.05) is 26.3 Å². The van der Waals surface area contributed by atoms with Crippen LogP contribution in [0.5, 0.6) is 0 Å². The minimum absolute atomic E-state index is 0.00671. The molecule has 144 valence electrons. The number of rotatable bonds is 4. The van der Waals surface area contributed by atoms with Crippen molar-refractivity contribution in [2.45, 2.75) is 51.0 Å². The highest BCUT2D eigenvalue weighted by atomic mass is 32.2. The molecule has 2 heterocycles. The molecule has 0 aromatic heterocycles. The van der Waals surface area contributed by atoms with Crippen LogP contribution in [0.3, 0.4) is 0 Å². The fourth-order valence-corrected chi connectivity index (χ4v) is 5.30. The number of nitrogens with zero attached hydrogens (tertiary/aromatic N) is 1. The molecule has 26 heavy (non-hydrogen) atoms. The van der Waals surface area contributed by atoms with E-state index in [-0.39, 0.29) is 16.8 Å². The molecule has 2 fully saturated rings. The number of carbonyl (C=O) groups excluding carboxylic acids is 1. The third-order valence-electron chi connectivity index (χ3n) is 5.51. The molecule has 1 aromatic carbocycles. The molecular weight excluding hydrogens is 352 g/mol. The first kappa shape index (κ1) is 19.3. The Morgan fingerprint density at radius 1 is 1.19 bits per heavy atom. The number of benzene rings is 1. The Labute approximate surface area is 156 Å². The zero-order valence-electron chi connectivity index (χ0n) is 15.7. The van der Waals surface area contributed by atoms with Gasteiger partial charge in [0.2, 0.25) is 10.0 Å². The number of carbonyl (C=O) groups is 1. The zero-order chi connectivity index (χ0) is 18.9. The van der Waals surface area contributed by atoms with Crippen LogP contribution in [-0.4, -0.2) is 51.0 Å². The van der Waals surface area contributed by atoms with Gasteiger partial charge in [-0.3, -0.25) is 4.79 Å².